The molecule has 146 valence electrons. The summed E-state index contributed by atoms with van der Waals surface area (Å²) < 4.78 is 8.18. The lowest BCUT2D eigenvalue weighted by atomic mass is 10.0. The standard InChI is InChI=1S/C22H21N5OS/c1-13-8-17(6-7-28-13)27-21(10-16-12-29-14(2)25-16)26-20-11-24-19-5-4-15(23-3)9-18(19)22(20)27/h4-5,9,11-13,17H,6-8,10H2,1-2H3/t13-,17-/m1/s1. The van der Waals surface area contributed by atoms with Crippen LogP contribution in [0.4, 0.5) is 5.69 Å². The van der Waals surface area contributed by atoms with E-state index in [2.05, 4.69) is 31.7 Å². The summed E-state index contributed by atoms with van der Waals surface area (Å²) in [7, 11) is 0. The Bertz CT molecular complexity index is 1250. The number of hydrogen-bond donors (Lipinski definition) is 0. The SMILES string of the molecule is [C-]#[N+]c1ccc2ncc3nc(Cc4csc(C)n4)n([C@@H]4CCO[C@H](C)C4)c3c2c1. The van der Waals surface area contributed by atoms with Crippen molar-refractivity contribution < 1.29 is 4.74 Å². The molecule has 0 spiro atoms. The van der Waals surface area contributed by atoms with Crippen molar-refractivity contribution in [3.05, 3.63) is 57.7 Å². The molecule has 0 bridgehead atoms. The maximum atomic E-state index is 7.42. The topological polar surface area (TPSA) is 57.2 Å². The van der Waals surface area contributed by atoms with Gasteiger partial charge in [0.15, 0.2) is 5.69 Å². The average Bonchev–Trinajstić information content (AvgIpc) is 3.30. The summed E-state index contributed by atoms with van der Waals surface area (Å²) in [5.74, 6) is 1.01. The van der Waals surface area contributed by atoms with Crippen molar-refractivity contribution in [2.45, 2.75) is 45.3 Å². The lowest BCUT2D eigenvalue weighted by Crippen LogP contribution is -2.26. The van der Waals surface area contributed by atoms with Crippen LogP contribution in [0, 0.1) is 13.5 Å². The van der Waals surface area contributed by atoms with Gasteiger partial charge in [0.05, 0.1) is 40.6 Å². The number of rotatable bonds is 3. The number of nitrogens with zero attached hydrogens (tertiary/aromatic N) is 5. The maximum absolute atomic E-state index is 7.42. The van der Waals surface area contributed by atoms with Crippen LogP contribution in [0.3, 0.4) is 0 Å². The first-order valence-corrected chi connectivity index (χ1v) is 10.7. The van der Waals surface area contributed by atoms with Crippen molar-refractivity contribution in [1.29, 1.82) is 0 Å². The second-order valence-corrected chi connectivity index (χ2v) is 8.66. The van der Waals surface area contributed by atoms with Crippen molar-refractivity contribution in [3.8, 4) is 0 Å². The number of pyridine rings is 1. The molecular weight excluding hydrogens is 382 g/mol. The van der Waals surface area contributed by atoms with Gasteiger partial charge < -0.3 is 9.30 Å². The highest BCUT2D eigenvalue weighted by molar-refractivity contribution is 7.09. The number of imidazole rings is 1. The summed E-state index contributed by atoms with van der Waals surface area (Å²) in [5.41, 5.74) is 4.50. The van der Waals surface area contributed by atoms with Gasteiger partial charge in [-0.25, -0.2) is 14.8 Å². The molecule has 5 rings (SSSR count). The van der Waals surface area contributed by atoms with Gasteiger partial charge in [0.1, 0.15) is 11.3 Å². The molecule has 1 aliphatic rings. The van der Waals surface area contributed by atoms with Crippen LogP contribution in [0.1, 0.15) is 42.3 Å². The molecule has 6 nitrogen and oxygen atoms in total. The molecule has 0 aliphatic carbocycles. The van der Waals surface area contributed by atoms with Gasteiger partial charge in [-0.3, -0.25) is 4.98 Å². The maximum Gasteiger partial charge on any atom is 0.188 e. The van der Waals surface area contributed by atoms with Crippen molar-refractivity contribution >= 4 is 39.0 Å². The molecule has 29 heavy (non-hydrogen) atoms. The first-order valence-electron chi connectivity index (χ1n) is 9.82. The van der Waals surface area contributed by atoms with Gasteiger partial charge in [-0.15, -0.1) is 11.3 Å². The normalized spacial score (nSPS) is 19.6. The molecule has 3 aromatic heterocycles. The predicted molar refractivity (Wildman–Crippen MR) is 115 cm³/mol. The molecule has 2 atom stereocenters. The zero-order valence-electron chi connectivity index (χ0n) is 16.4. The van der Waals surface area contributed by atoms with Crippen LogP contribution in [0.15, 0.2) is 29.8 Å². The summed E-state index contributed by atoms with van der Waals surface area (Å²) >= 11 is 1.67. The Morgan fingerprint density at radius 1 is 1.31 bits per heavy atom. The quantitative estimate of drug-likeness (QED) is 0.440. The third-order valence-electron chi connectivity index (χ3n) is 5.53. The van der Waals surface area contributed by atoms with Gasteiger partial charge >= 0.3 is 0 Å². The predicted octanol–water partition coefficient (Wildman–Crippen LogP) is 5.23. The third-order valence-corrected chi connectivity index (χ3v) is 6.35. The van der Waals surface area contributed by atoms with Gasteiger partial charge in [0.2, 0.25) is 0 Å². The summed E-state index contributed by atoms with van der Waals surface area (Å²) in [6, 6.07) is 6.00. The van der Waals surface area contributed by atoms with E-state index in [9.17, 15) is 0 Å². The fourth-order valence-corrected chi connectivity index (χ4v) is 4.87. The molecule has 7 heteroatoms. The average molecular weight is 404 g/mol. The molecule has 0 unspecified atom stereocenters. The Kier molecular flexibility index (Phi) is 4.53. The van der Waals surface area contributed by atoms with E-state index in [1.165, 1.54) is 0 Å². The third kappa shape index (κ3) is 3.28. The number of aromatic nitrogens is 4. The molecule has 1 aromatic carbocycles. The number of thiazole rings is 1. The molecule has 4 aromatic rings. The van der Waals surface area contributed by atoms with Crippen molar-refractivity contribution in [2.24, 2.45) is 0 Å². The molecule has 1 fully saturated rings. The highest BCUT2D eigenvalue weighted by Gasteiger charge is 2.26. The Hall–Kier alpha value is -2.82. The van der Waals surface area contributed by atoms with E-state index in [0.717, 1.165) is 57.9 Å². The molecule has 4 heterocycles. The van der Waals surface area contributed by atoms with Crippen LogP contribution in [-0.2, 0) is 11.2 Å². The Labute approximate surface area is 173 Å². The van der Waals surface area contributed by atoms with Gasteiger partial charge in [-0.2, -0.15) is 0 Å². The van der Waals surface area contributed by atoms with Crippen molar-refractivity contribution in [2.75, 3.05) is 6.61 Å². The fraction of sp³-hybridized carbons (Fsp3) is 0.364. The largest absolute Gasteiger partial charge is 0.378 e. The van der Waals surface area contributed by atoms with Crippen LogP contribution < -0.4 is 0 Å². The van der Waals surface area contributed by atoms with E-state index in [0.29, 0.717) is 18.2 Å². The van der Waals surface area contributed by atoms with Gasteiger partial charge in [0.25, 0.3) is 0 Å². The highest BCUT2D eigenvalue weighted by atomic mass is 32.1. The zero-order valence-corrected chi connectivity index (χ0v) is 17.2. The van der Waals surface area contributed by atoms with E-state index < -0.39 is 0 Å². The van der Waals surface area contributed by atoms with Crippen LogP contribution >= 0.6 is 11.3 Å². The smallest absolute Gasteiger partial charge is 0.188 e. The molecule has 0 saturated carbocycles. The lowest BCUT2D eigenvalue weighted by Gasteiger charge is -2.30. The second kappa shape index (κ2) is 7.21. The molecule has 0 amide bonds. The van der Waals surface area contributed by atoms with Gasteiger partial charge in [-0.1, -0.05) is 6.07 Å². The van der Waals surface area contributed by atoms with E-state index in [-0.39, 0.29) is 6.10 Å². The van der Waals surface area contributed by atoms with Crippen molar-refractivity contribution in [3.63, 3.8) is 0 Å². The first kappa shape index (κ1) is 18.2. The minimum atomic E-state index is 0.215. The Morgan fingerprint density at radius 3 is 2.97 bits per heavy atom. The van der Waals surface area contributed by atoms with E-state index in [1.807, 2.05) is 31.3 Å². The first-order chi connectivity index (χ1) is 14.1. The Morgan fingerprint density at radius 2 is 2.21 bits per heavy atom. The minimum Gasteiger partial charge on any atom is -0.378 e. The monoisotopic (exact) mass is 403 g/mol. The number of ether oxygens (including phenoxy) is 1. The second-order valence-electron chi connectivity index (χ2n) is 7.60. The van der Waals surface area contributed by atoms with Crippen LogP contribution in [-0.4, -0.2) is 32.2 Å². The molecule has 1 saturated heterocycles. The summed E-state index contributed by atoms with van der Waals surface area (Å²) in [5, 5.41) is 4.17. The summed E-state index contributed by atoms with van der Waals surface area (Å²) in [6.07, 6.45) is 4.65. The van der Waals surface area contributed by atoms with Crippen LogP contribution in [0.2, 0.25) is 0 Å². The molecule has 0 N–H and O–H groups in total. The summed E-state index contributed by atoms with van der Waals surface area (Å²) in [4.78, 5) is 17.8. The fourth-order valence-electron chi connectivity index (χ4n) is 4.26. The zero-order chi connectivity index (χ0) is 20.0. The number of aryl methyl sites for hydroxylation is 1. The van der Waals surface area contributed by atoms with Crippen molar-refractivity contribution in [1.82, 2.24) is 19.5 Å². The van der Waals surface area contributed by atoms with Gasteiger partial charge in [-0.05, 0) is 38.8 Å². The van der Waals surface area contributed by atoms with Gasteiger partial charge in [0, 0.05) is 29.8 Å². The lowest BCUT2D eigenvalue weighted by molar-refractivity contribution is 0.00631. The summed E-state index contributed by atoms with van der Waals surface area (Å²) in [6.45, 7) is 12.3. The van der Waals surface area contributed by atoms with E-state index >= 15 is 0 Å². The highest BCUT2D eigenvalue weighted by Crippen LogP contribution is 2.35. The number of hydrogen-bond acceptors (Lipinski definition) is 5. The Balaban J connectivity index is 1.75. The molecular formula is C22H21N5OS. The van der Waals surface area contributed by atoms with E-state index in [4.69, 9.17) is 16.3 Å². The minimum absolute atomic E-state index is 0.215. The molecule has 0 radical (unpaired) electrons. The molecule has 1 aliphatic heterocycles. The van der Waals surface area contributed by atoms with Crippen LogP contribution in [0.5, 0.6) is 0 Å². The van der Waals surface area contributed by atoms with Crippen LogP contribution in [0.25, 0.3) is 26.8 Å². The number of fused-ring (bicyclic) bond motifs is 3. The number of benzene rings is 1. The van der Waals surface area contributed by atoms with E-state index in [1.54, 1.807) is 11.3 Å².